The number of nitrogens with two attached hydrogens (primary N) is 1. The number of hydrogen-bond acceptors (Lipinski definition) is 3. The summed E-state index contributed by atoms with van der Waals surface area (Å²) in [5.74, 6) is 5.40. The van der Waals surface area contributed by atoms with E-state index in [9.17, 15) is 0 Å². The number of rotatable bonds is 1. The Morgan fingerprint density at radius 2 is 2.09 bits per heavy atom. The van der Waals surface area contributed by atoms with Gasteiger partial charge in [0.05, 0.1) is 6.20 Å². The van der Waals surface area contributed by atoms with E-state index in [1.807, 2.05) is 13.8 Å². The average molecular weight is 219 g/mol. The molecule has 0 unspecified atom stereocenters. The normalized spacial score (nSPS) is 8.00. The molecule has 0 aromatic carbocycles. The fourth-order valence-electron chi connectivity index (χ4n) is 0.432. The van der Waals surface area contributed by atoms with Gasteiger partial charge in [-0.3, -0.25) is 0 Å². The summed E-state index contributed by atoms with van der Waals surface area (Å²) in [5.41, 5.74) is 0. The molecule has 1 rings (SSSR count). The molecule has 0 radical (unpaired) electrons. The van der Waals surface area contributed by atoms with Crippen LogP contribution in [0, 0.1) is 0 Å². The van der Waals surface area contributed by atoms with Crippen LogP contribution < -0.4 is 10.7 Å². The van der Waals surface area contributed by atoms with E-state index < -0.39 is 0 Å². The van der Waals surface area contributed by atoms with Crippen LogP contribution >= 0.6 is 15.9 Å². The minimum Gasteiger partial charge on any atom is -0.410 e. The summed E-state index contributed by atoms with van der Waals surface area (Å²) in [6.07, 6.45) is 1.53. The van der Waals surface area contributed by atoms with Crippen molar-refractivity contribution in [3.8, 4) is 5.75 Å². The molecule has 1 heterocycles. The Morgan fingerprint density at radius 1 is 1.45 bits per heavy atom. The Balaban J connectivity index is 0.000000461. The van der Waals surface area contributed by atoms with Crippen LogP contribution in [0.3, 0.4) is 0 Å². The molecule has 0 saturated carbocycles. The van der Waals surface area contributed by atoms with Crippen LogP contribution in [-0.4, -0.2) is 4.98 Å². The lowest BCUT2D eigenvalue weighted by atomic mass is 10.5. The Bertz CT molecular complexity index is 188. The monoisotopic (exact) mass is 218 g/mol. The molecule has 11 heavy (non-hydrogen) atoms. The largest absolute Gasteiger partial charge is 0.410 e. The van der Waals surface area contributed by atoms with E-state index in [1.54, 1.807) is 12.1 Å². The molecule has 0 fully saturated rings. The summed E-state index contributed by atoms with van der Waals surface area (Å²) >= 11 is 3.17. The Hall–Kier alpha value is -0.610. The summed E-state index contributed by atoms with van der Waals surface area (Å²) in [5, 5.41) is 0. The molecule has 0 aliphatic rings. The second-order valence-electron chi connectivity index (χ2n) is 1.43. The van der Waals surface area contributed by atoms with Crippen molar-refractivity contribution in [3.05, 3.63) is 22.9 Å². The highest BCUT2D eigenvalue weighted by atomic mass is 79.9. The van der Waals surface area contributed by atoms with Crippen molar-refractivity contribution >= 4 is 15.9 Å². The zero-order valence-corrected chi connectivity index (χ0v) is 8.13. The Morgan fingerprint density at radius 3 is 2.45 bits per heavy atom. The molecule has 0 aliphatic heterocycles. The molecule has 0 amide bonds. The smallest absolute Gasteiger partial charge is 0.165 e. The van der Waals surface area contributed by atoms with Gasteiger partial charge in [-0.25, -0.2) is 4.98 Å². The Kier molecular flexibility index (Phi) is 5.78. The highest BCUT2D eigenvalue weighted by molar-refractivity contribution is 9.10. The predicted octanol–water partition coefficient (Wildman–Crippen LogP) is 2.12. The van der Waals surface area contributed by atoms with Crippen LogP contribution in [0.15, 0.2) is 22.9 Å². The molecular formula is C7H11BrN2O. The minimum atomic E-state index is 0.554. The maximum atomic E-state index is 4.84. The first-order chi connectivity index (χ1) is 5.33. The van der Waals surface area contributed by atoms with Crippen molar-refractivity contribution in [2.24, 2.45) is 5.90 Å². The van der Waals surface area contributed by atoms with Crippen molar-refractivity contribution in [2.45, 2.75) is 13.8 Å². The third-order valence-electron chi connectivity index (χ3n) is 0.836. The van der Waals surface area contributed by atoms with Crippen LogP contribution in [-0.2, 0) is 0 Å². The lowest BCUT2D eigenvalue weighted by Gasteiger charge is -1.94. The van der Waals surface area contributed by atoms with Crippen LogP contribution in [0.5, 0.6) is 5.75 Å². The molecule has 62 valence electrons. The van der Waals surface area contributed by atoms with Gasteiger partial charge < -0.3 is 4.84 Å². The second kappa shape index (κ2) is 6.12. The molecule has 3 nitrogen and oxygen atoms in total. The second-order valence-corrected chi connectivity index (χ2v) is 2.25. The zero-order valence-electron chi connectivity index (χ0n) is 6.54. The maximum Gasteiger partial charge on any atom is 0.165 e. The Labute approximate surface area is 74.7 Å². The highest BCUT2D eigenvalue weighted by Crippen LogP contribution is 2.10. The van der Waals surface area contributed by atoms with Crippen molar-refractivity contribution in [1.29, 1.82) is 0 Å². The number of nitrogens with zero attached hydrogens (tertiary/aromatic N) is 1. The van der Waals surface area contributed by atoms with Crippen LogP contribution in [0.1, 0.15) is 13.8 Å². The molecule has 0 atom stereocenters. The molecule has 2 N–H and O–H groups in total. The van der Waals surface area contributed by atoms with Crippen molar-refractivity contribution in [1.82, 2.24) is 4.98 Å². The standard InChI is InChI=1S/C5H5BrN2O.C2H6/c6-5-2-1-4(9-7)3-8-5;1-2/h1-3H,7H2;1-2H3. The molecule has 1 aromatic rings. The molecule has 0 saturated heterocycles. The van der Waals surface area contributed by atoms with E-state index in [0.717, 1.165) is 4.60 Å². The lowest BCUT2D eigenvalue weighted by molar-refractivity contribution is 0.333. The van der Waals surface area contributed by atoms with Gasteiger partial charge >= 0.3 is 0 Å². The maximum absolute atomic E-state index is 4.84. The topological polar surface area (TPSA) is 48.1 Å². The molecule has 1 aromatic heterocycles. The van der Waals surface area contributed by atoms with E-state index in [1.165, 1.54) is 6.20 Å². The van der Waals surface area contributed by atoms with Gasteiger partial charge in [0.1, 0.15) is 4.60 Å². The van der Waals surface area contributed by atoms with Crippen LogP contribution in [0.4, 0.5) is 0 Å². The molecule has 0 spiro atoms. The van der Waals surface area contributed by atoms with E-state index in [4.69, 9.17) is 5.90 Å². The third-order valence-corrected chi connectivity index (χ3v) is 1.31. The summed E-state index contributed by atoms with van der Waals surface area (Å²) in [6.45, 7) is 4.00. The number of halogens is 1. The van der Waals surface area contributed by atoms with Gasteiger partial charge in [0, 0.05) is 0 Å². The highest BCUT2D eigenvalue weighted by Gasteiger charge is 1.89. The first-order valence-electron chi connectivity index (χ1n) is 3.31. The van der Waals surface area contributed by atoms with Crippen molar-refractivity contribution in [2.75, 3.05) is 0 Å². The molecule has 0 bridgehead atoms. The minimum absolute atomic E-state index is 0.554. The number of pyridine rings is 1. The third kappa shape index (κ3) is 3.95. The van der Waals surface area contributed by atoms with Gasteiger partial charge in [0.15, 0.2) is 5.75 Å². The number of aromatic nitrogens is 1. The molecular weight excluding hydrogens is 208 g/mol. The van der Waals surface area contributed by atoms with Crippen molar-refractivity contribution < 1.29 is 4.84 Å². The van der Waals surface area contributed by atoms with Crippen LogP contribution in [0.2, 0.25) is 0 Å². The van der Waals surface area contributed by atoms with E-state index in [-0.39, 0.29) is 0 Å². The molecule has 4 heteroatoms. The summed E-state index contributed by atoms with van der Waals surface area (Å²) in [4.78, 5) is 8.25. The quantitative estimate of drug-likeness (QED) is 0.581. The number of hydrogen-bond donors (Lipinski definition) is 1. The summed E-state index contributed by atoms with van der Waals surface area (Å²) < 4.78 is 0.767. The molecule has 0 aliphatic carbocycles. The van der Waals surface area contributed by atoms with Gasteiger partial charge in [-0.1, -0.05) is 13.8 Å². The van der Waals surface area contributed by atoms with Gasteiger partial charge in [-0.2, -0.15) is 5.90 Å². The first-order valence-corrected chi connectivity index (χ1v) is 4.10. The SMILES string of the molecule is CC.NOc1ccc(Br)nc1. The van der Waals surface area contributed by atoms with Crippen molar-refractivity contribution in [3.63, 3.8) is 0 Å². The van der Waals surface area contributed by atoms with E-state index in [0.29, 0.717) is 5.75 Å². The summed E-state index contributed by atoms with van der Waals surface area (Å²) in [6, 6.07) is 3.47. The van der Waals surface area contributed by atoms with Gasteiger partial charge in [0.25, 0.3) is 0 Å². The predicted molar refractivity (Wildman–Crippen MR) is 48.1 cm³/mol. The van der Waals surface area contributed by atoms with Gasteiger partial charge in [-0.05, 0) is 28.1 Å². The van der Waals surface area contributed by atoms with E-state index in [2.05, 4.69) is 25.8 Å². The van der Waals surface area contributed by atoms with E-state index >= 15 is 0 Å². The fourth-order valence-corrected chi connectivity index (χ4v) is 0.667. The fraction of sp³-hybridized carbons (Fsp3) is 0.286. The van der Waals surface area contributed by atoms with Gasteiger partial charge in [-0.15, -0.1) is 0 Å². The zero-order chi connectivity index (χ0) is 8.69. The van der Waals surface area contributed by atoms with Crippen LogP contribution in [0.25, 0.3) is 0 Å². The lowest BCUT2D eigenvalue weighted by Crippen LogP contribution is -2.01. The van der Waals surface area contributed by atoms with Gasteiger partial charge in [0.2, 0.25) is 0 Å². The summed E-state index contributed by atoms with van der Waals surface area (Å²) in [7, 11) is 0. The first kappa shape index (κ1) is 10.4. The average Bonchev–Trinajstić information content (AvgIpc) is 2.10.